The van der Waals surface area contributed by atoms with Gasteiger partial charge in [-0.05, 0) is 12.8 Å². The molecule has 1 atom stereocenters. The Morgan fingerprint density at radius 2 is 2.23 bits per heavy atom. The first-order valence-corrected chi connectivity index (χ1v) is 7.37. The molecular weight excluding hydrogens is 338 g/mol. The zero-order chi connectivity index (χ0) is 16.1. The van der Waals surface area contributed by atoms with Crippen molar-refractivity contribution in [3.8, 4) is 5.88 Å². The minimum absolute atomic E-state index is 0.0475. The number of pyridine rings is 1. The number of aromatic nitrogens is 1. The van der Waals surface area contributed by atoms with Crippen LogP contribution in [0.3, 0.4) is 0 Å². The Morgan fingerprint density at radius 1 is 1.45 bits per heavy atom. The highest BCUT2D eigenvalue weighted by Crippen LogP contribution is 2.36. The van der Waals surface area contributed by atoms with E-state index in [2.05, 4.69) is 4.98 Å². The highest BCUT2D eigenvalue weighted by Gasteiger charge is 2.19. The molecule has 0 aromatic carbocycles. The molecular formula is C13H15Cl2FN2O4. The number of carbonyl (C=O) groups excluding carboxylic acids is 1. The summed E-state index contributed by atoms with van der Waals surface area (Å²) in [6.45, 7) is -0.511. The lowest BCUT2D eigenvalue weighted by Crippen LogP contribution is -2.22. The van der Waals surface area contributed by atoms with Crippen molar-refractivity contribution in [2.75, 3.05) is 25.6 Å². The lowest BCUT2D eigenvalue weighted by Gasteiger charge is -2.13. The Balaban J connectivity index is 1.90. The molecule has 1 fully saturated rings. The highest BCUT2D eigenvalue weighted by molar-refractivity contribution is 6.39. The van der Waals surface area contributed by atoms with Gasteiger partial charge in [-0.25, -0.2) is 14.2 Å². The summed E-state index contributed by atoms with van der Waals surface area (Å²) in [5.74, 6) is -0.769. The smallest absolute Gasteiger partial charge is 0.344 e. The standard InChI is InChI=1S/C13H15Cl2FN2O4/c14-10-8(4-16)18-13(11(15)12(10)17)22-6-9(19)21-5-7-2-1-3-20-7/h7H,1-6H2,(H2,17,18). The first-order chi connectivity index (χ1) is 10.5. The molecule has 122 valence electrons. The molecule has 0 amide bonds. The number of halogens is 3. The van der Waals surface area contributed by atoms with Crippen LogP contribution in [0.5, 0.6) is 5.88 Å². The Morgan fingerprint density at radius 3 is 2.86 bits per heavy atom. The first kappa shape index (κ1) is 17.1. The highest BCUT2D eigenvalue weighted by atomic mass is 35.5. The van der Waals surface area contributed by atoms with Gasteiger partial charge in [0.15, 0.2) is 6.61 Å². The van der Waals surface area contributed by atoms with Gasteiger partial charge in [-0.15, -0.1) is 0 Å². The second-order valence-electron chi connectivity index (χ2n) is 4.65. The maximum atomic E-state index is 12.8. The molecule has 22 heavy (non-hydrogen) atoms. The number of esters is 1. The van der Waals surface area contributed by atoms with Crippen molar-refractivity contribution in [2.24, 2.45) is 0 Å². The van der Waals surface area contributed by atoms with E-state index >= 15 is 0 Å². The molecule has 0 bridgehead atoms. The maximum absolute atomic E-state index is 12.8. The quantitative estimate of drug-likeness (QED) is 0.792. The van der Waals surface area contributed by atoms with Crippen molar-refractivity contribution in [1.82, 2.24) is 4.98 Å². The molecule has 1 saturated heterocycles. The van der Waals surface area contributed by atoms with E-state index in [9.17, 15) is 9.18 Å². The second kappa shape index (κ2) is 7.80. The van der Waals surface area contributed by atoms with Crippen LogP contribution >= 0.6 is 23.2 Å². The molecule has 1 unspecified atom stereocenters. The summed E-state index contributed by atoms with van der Waals surface area (Å²) >= 11 is 11.7. The number of hydrogen-bond donors (Lipinski definition) is 1. The van der Waals surface area contributed by atoms with Gasteiger partial charge in [-0.3, -0.25) is 0 Å². The van der Waals surface area contributed by atoms with Crippen molar-refractivity contribution in [3.63, 3.8) is 0 Å². The maximum Gasteiger partial charge on any atom is 0.344 e. The lowest BCUT2D eigenvalue weighted by atomic mass is 10.2. The van der Waals surface area contributed by atoms with Crippen LogP contribution in [-0.2, 0) is 20.9 Å². The molecule has 1 aliphatic heterocycles. The molecule has 0 aliphatic carbocycles. The van der Waals surface area contributed by atoms with Crippen LogP contribution < -0.4 is 10.5 Å². The monoisotopic (exact) mass is 352 g/mol. The third kappa shape index (κ3) is 4.12. The molecule has 2 N–H and O–H groups in total. The largest absolute Gasteiger partial charge is 0.465 e. The van der Waals surface area contributed by atoms with Gasteiger partial charge in [-0.1, -0.05) is 23.2 Å². The van der Waals surface area contributed by atoms with Crippen LogP contribution in [0.15, 0.2) is 0 Å². The number of rotatable bonds is 6. The van der Waals surface area contributed by atoms with Gasteiger partial charge in [0.25, 0.3) is 0 Å². The second-order valence-corrected chi connectivity index (χ2v) is 5.40. The molecule has 1 aliphatic rings. The molecule has 2 heterocycles. The van der Waals surface area contributed by atoms with E-state index in [1.807, 2.05) is 0 Å². The minimum atomic E-state index is -0.931. The first-order valence-electron chi connectivity index (χ1n) is 6.62. The average Bonchev–Trinajstić information content (AvgIpc) is 3.03. The van der Waals surface area contributed by atoms with Gasteiger partial charge in [-0.2, -0.15) is 0 Å². The normalized spacial score (nSPS) is 17.5. The van der Waals surface area contributed by atoms with Gasteiger partial charge >= 0.3 is 5.97 Å². The van der Waals surface area contributed by atoms with Crippen LogP contribution in [0.25, 0.3) is 0 Å². The van der Waals surface area contributed by atoms with Crippen LogP contribution in [0.1, 0.15) is 18.5 Å². The van der Waals surface area contributed by atoms with E-state index in [1.54, 1.807) is 0 Å². The molecule has 2 rings (SSSR count). The van der Waals surface area contributed by atoms with Crippen molar-refractivity contribution < 1.29 is 23.4 Å². The van der Waals surface area contributed by atoms with E-state index in [-0.39, 0.29) is 40.0 Å². The number of nitrogens with zero attached hydrogens (tertiary/aromatic N) is 1. The van der Waals surface area contributed by atoms with Crippen molar-refractivity contribution in [3.05, 3.63) is 15.7 Å². The van der Waals surface area contributed by atoms with E-state index in [4.69, 9.17) is 43.1 Å². The number of nitrogen functional groups attached to an aromatic ring is 1. The summed E-state index contributed by atoms with van der Waals surface area (Å²) in [4.78, 5) is 15.4. The van der Waals surface area contributed by atoms with Crippen molar-refractivity contribution >= 4 is 34.9 Å². The zero-order valence-corrected chi connectivity index (χ0v) is 13.1. The molecule has 9 heteroatoms. The Kier molecular flexibility index (Phi) is 6.05. The fourth-order valence-electron chi connectivity index (χ4n) is 1.90. The van der Waals surface area contributed by atoms with Crippen LogP contribution in [0.2, 0.25) is 10.0 Å². The average molecular weight is 353 g/mol. The summed E-state index contributed by atoms with van der Waals surface area (Å²) in [6.07, 6.45) is 1.73. The Hall–Kier alpha value is -1.31. The van der Waals surface area contributed by atoms with E-state index in [0.717, 1.165) is 12.8 Å². The topological polar surface area (TPSA) is 83.7 Å². The summed E-state index contributed by atoms with van der Waals surface area (Å²) in [7, 11) is 0. The number of carbonyl (C=O) groups is 1. The molecule has 1 aromatic heterocycles. The summed E-state index contributed by atoms with van der Waals surface area (Å²) in [5, 5.41) is -0.144. The molecule has 0 saturated carbocycles. The van der Waals surface area contributed by atoms with Crippen LogP contribution in [-0.4, -0.2) is 36.9 Å². The van der Waals surface area contributed by atoms with Crippen molar-refractivity contribution in [2.45, 2.75) is 25.6 Å². The lowest BCUT2D eigenvalue weighted by molar-refractivity contribution is -0.149. The van der Waals surface area contributed by atoms with Gasteiger partial charge in [0.1, 0.15) is 18.3 Å². The Labute approximate surface area is 136 Å². The fraction of sp³-hybridized carbons (Fsp3) is 0.538. The zero-order valence-electron chi connectivity index (χ0n) is 11.6. The van der Waals surface area contributed by atoms with Gasteiger partial charge < -0.3 is 19.9 Å². The van der Waals surface area contributed by atoms with E-state index in [0.29, 0.717) is 6.61 Å². The summed E-state index contributed by atoms with van der Waals surface area (Å²) in [6, 6.07) is 0. The van der Waals surface area contributed by atoms with Crippen LogP contribution in [0, 0.1) is 0 Å². The Bertz CT molecular complexity index is 553. The predicted octanol–water partition coefficient (Wildman–Crippen LogP) is 2.54. The molecule has 0 radical (unpaired) electrons. The van der Waals surface area contributed by atoms with Gasteiger partial charge in [0.05, 0.1) is 22.5 Å². The number of alkyl halides is 1. The SMILES string of the molecule is Nc1c(Cl)c(CF)nc(OCC(=O)OCC2CCCO2)c1Cl. The van der Waals surface area contributed by atoms with E-state index in [1.165, 1.54) is 0 Å². The van der Waals surface area contributed by atoms with Crippen LogP contribution in [0.4, 0.5) is 10.1 Å². The third-order valence-corrected chi connectivity index (χ3v) is 3.85. The predicted molar refractivity (Wildman–Crippen MR) is 78.9 cm³/mol. The number of ether oxygens (including phenoxy) is 3. The van der Waals surface area contributed by atoms with Gasteiger partial charge in [0.2, 0.25) is 5.88 Å². The third-order valence-electron chi connectivity index (χ3n) is 3.06. The molecule has 6 nitrogen and oxygen atoms in total. The summed E-state index contributed by atoms with van der Waals surface area (Å²) < 4.78 is 28.2. The fourth-order valence-corrected chi connectivity index (χ4v) is 2.33. The summed E-state index contributed by atoms with van der Waals surface area (Å²) in [5.41, 5.74) is 5.47. The minimum Gasteiger partial charge on any atom is -0.465 e. The van der Waals surface area contributed by atoms with Crippen molar-refractivity contribution in [1.29, 1.82) is 0 Å². The molecule has 0 spiro atoms. The number of nitrogens with two attached hydrogens (primary N) is 1. The molecule has 1 aromatic rings. The van der Waals surface area contributed by atoms with Gasteiger partial charge in [0, 0.05) is 6.61 Å². The van der Waals surface area contributed by atoms with E-state index < -0.39 is 19.3 Å². The number of hydrogen-bond acceptors (Lipinski definition) is 6. The number of anilines is 1.